The maximum atomic E-state index is 12.5. The second-order valence-corrected chi connectivity index (χ2v) is 3.76. The van der Waals surface area contributed by atoms with Gasteiger partial charge in [-0.1, -0.05) is 6.07 Å². The first-order chi connectivity index (χ1) is 6.42. The van der Waals surface area contributed by atoms with Gasteiger partial charge in [-0.15, -0.1) is 0 Å². The van der Waals surface area contributed by atoms with Crippen molar-refractivity contribution >= 4 is 17.4 Å². The molecule has 78 valence electrons. The van der Waals surface area contributed by atoms with Gasteiger partial charge in [0.05, 0.1) is 0 Å². The Hall–Kier alpha value is -0.910. The van der Waals surface area contributed by atoms with Gasteiger partial charge in [0.1, 0.15) is 0 Å². The molecule has 0 fully saturated rings. The minimum absolute atomic E-state index is 0.0234. The van der Waals surface area contributed by atoms with Gasteiger partial charge < -0.3 is 5.73 Å². The maximum absolute atomic E-state index is 12.5. The van der Waals surface area contributed by atoms with Crippen LogP contribution in [0.1, 0.15) is 0 Å². The fraction of sp³-hybridized carbons (Fsp3) is 0.250. The normalized spacial score (nSPS) is 12.1. The largest absolute Gasteiger partial charge is 0.399 e. The van der Waals surface area contributed by atoms with Crippen molar-refractivity contribution in [1.82, 2.24) is 0 Å². The summed E-state index contributed by atoms with van der Waals surface area (Å²) >= 11 is -0.195. The van der Waals surface area contributed by atoms with Crippen molar-refractivity contribution in [2.75, 3.05) is 5.73 Å². The van der Waals surface area contributed by atoms with E-state index in [0.29, 0.717) is 0 Å². The first-order valence-corrected chi connectivity index (χ1v) is 4.44. The molecule has 0 aliphatic rings. The lowest BCUT2D eigenvalue weighted by molar-refractivity contribution is -0.0563. The van der Waals surface area contributed by atoms with Crippen LogP contribution in [-0.4, -0.2) is 11.7 Å². The van der Waals surface area contributed by atoms with Gasteiger partial charge in [-0.2, -0.15) is 8.78 Å². The molecule has 0 saturated carbocycles. The summed E-state index contributed by atoms with van der Waals surface area (Å²) in [6.07, 6.45) is -3.69. The fourth-order valence-corrected chi connectivity index (χ4v) is 1.52. The smallest absolute Gasteiger partial charge is 0.357 e. The Morgan fingerprint density at radius 3 is 2.43 bits per heavy atom. The number of hydrogen-bond donors (Lipinski definition) is 1. The monoisotopic (exact) mass is 225 g/mol. The predicted molar refractivity (Wildman–Crippen MR) is 47.7 cm³/mol. The zero-order valence-electron chi connectivity index (χ0n) is 6.88. The van der Waals surface area contributed by atoms with E-state index in [2.05, 4.69) is 0 Å². The zero-order chi connectivity index (χ0) is 10.8. The van der Waals surface area contributed by atoms with Gasteiger partial charge in [0.15, 0.2) is 0 Å². The molecule has 0 unspecified atom stereocenters. The number of halogens is 4. The molecule has 0 spiro atoms. The number of nitrogens with two attached hydrogens (primary N) is 1. The van der Waals surface area contributed by atoms with Crippen LogP contribution >= 0.6 is 11.8 Å². The molecule has 1 nitrogen and oxygen atoms in total. The number of nitrogen functional groups attached to an aromatic ring is 1. The molecule has 0 amide bonds. The van der Waals surface area contributed by atoms with Crippen LogP contribution in [0.4, 0.5) is 23.2 Å². The van der Waals surface area contributed by atoms with Crippen molar-refractivity contribution in [2.45, 2.75) is 16.6 Å². The minimum atomic E-state index is -4.08. The lowest BCUT2D eigenvalue weighted by Crippen LogP contribution is -2.21. The highest BCUT2D eigenvalue weighted by Gasteiger charge is 2.41. The highest BCUT2D eigenvalue weighted by Crippen LogP contribution is 2.40. The van der Waals surface area contributed by atoms with E-state index in [4.69, 9.17) is 5.73 Å². The summed E-state index contributed by atoms with van der Waals surface area (Å²) in [7, 11) is 0. The Morgan fingerprint density at radius 1 is 1.29 bits per heavy atom. The molecule has 0 radical (unpaired) electrons. The zero-order valence-corrected chi connectivity index (χ0v) is 7.70. The Labute approximate surface area is 82.3 Å². The molecule has 0 aliphatic carbocycles. The predicted octanol–water partition coefficient (Wildman–Crippen LogP) is 3.22. The number of hydrogen-bond acceptors (Lipinski definition) is 2. The van der Waals surface area contributed by atoms with Crippen LogP contribution < -0.4 is 5.73 Å². The van der Waals surface area contributed by atoms with Crippen molar-refractivity contribution in [3.8, 4) is 0 Å². The fourth-order valence-electron chi connectivity index (χ4n) is 0.780. The molecule has 2 N–H and O–H groups in total. The molecule has 0 bridgehead atoms. The lowest BCUT2D eigenvalue weighted by Gasteiger charge is -2.14. The summed E-state index contributed by atoms with van der Waals surface area (Å²) in [6.45, 7) is 0. The van der Waals surface area contributed by atoms with E-state index >= 15 is 0 Å². The van der Waals surface area contributed by atoms with Gasteiger partial charge >= 0.3 is 11.7 Å². The lowest BCUT2D eigenvalue weighted by atomic mass is 10.3. The molecule has 1 aromatic rings. The van der Waals surface area contributed by atoms with E-state index < -0.39 is 11.7 Å². The highest BCUT2D eigenvalue weighted by atomic mass is 32.2. The number of rotatable bonds is 3. The molecule has 1 aromatic carbocycles. The molecular formula is C8H7F4NS. The first kappa shape index (κ1) is 11.2. The molecule has 0 atom stereocenters. The van der Waals surface area contributed by atoms with Crippen LogP contribution in [0.3, 0.4) is 0 Å². The van der Waals surface area contributed by atoms with Crippen LogP contribution in [0.5, 0.6) is 0 Å². The van der Waals surface area contributed by atoms with E-state index in [1.165, 1.54) is 24.3 Å². The molecular weight excluding hydrogens is 218 g/mol. The van der Waals surface area contributed by atoms with Crippen LogP contribution in [0.15, 0.2) is 29.2 Å². The van der Waals surface area contributed by atoms with E-state index in [9.17, 15) is 17.6 Å². The topological polar surface area (TPSA) is 26.0 Å². The van der Waals surface area contributed by atoms with E-state index in [-0.39, 0.29) is 22.3 Å². The summed E-state index contributed by atoms with van der Waals surface area (Å²) in [5, 5.41) is -4.08. The Morgan fingerprint density at radius 2 is 1.93 bits per heavy atom. The maximum Gasteiger partial charge on any atom is 0.357 e. The molecule has 14 heavy (non-hydrogen) atoms. The Bertz CT molecular complexity index is 316. The molecule has 1 rings (SSSR count). The third kappa shape index (κ3) is 2.80. The summed E-state index contributed by atoms with van der Waals surface area (Å²) in [4.78, 5) is 0.0234. The Kier molecular flexibility index (Phi) is 3.25. The van der Waals surface area contributed by atoms with Crippen LogP contribution in [0.25, 0.3) is 0 Å². The van der Waals surface area contributed by atoms with Gasteiger partial charge in [-0.05, 0) is 30.0 Å². The summed E-state index contributed by atoms with van der Waals surface area (Å²) in [5.41, 5.74) is 5.57. The standard InChI is InChI=1S/C8H7F4NS/c9-7(10)8(11,12)14-6-3-1-2-5(13)4-6/h1-4,7H,13H2. The molecule has 0 aromatic heterocycles. The average Bonchev–Trinajstić information content (AvgIpc) is 2.02. The van der Waals surface area contributed by atoms with Gasteiger partial charge in [0.2, 0.25) is 0 Å². The van der Waals surface area contributed by atoms with Crippen molar-refractivity contribution < 1.29 is 17.6 Å². The SMILES string of the molecule is Nc1cccc(SC(F)(F)C(F)F)c1. The first-order valence-electron chi connectivity index (χ1n) is 3.62. The van der Waals surface area contributed by atoms with Crippen LogP contribution in [0.2, 0.25) is 0 Å². The van der Waals surface area contributed by atoms with Gasteiger partial charge in [-0.3, -0.25) is 0 Å². The summed E-state index contributed by atoms with van der Waals surface area (Å²) in [6, 6.07) is 5.45. The summed E-state index contributed by atoms with van der Waals surface area (Å²) in [5.74, 6) is 0. The van der Waals surface area contributed by atoms with E-state index in [0.717, 1.165) is 0 Å². The second-order valence-electron chi connectivity index (χ2n) is 2.54. The van der Waals surface area contributed by atoms with Crippen LogP contribution in [-0.2, 0) is 0 Å². The van der Waals surface area contributed by atoms with Crippen molar-refractivity contribution in [1.29, 1.82) is 0 Å². The molecule has 6 heteroatoms. The van der Waals surface area contributed by atoms with Gasteiger partial charge in [0, 0.05) is 10.6 Å². The second kappa shape index (κ2) is 4.08. The van der Waals surface area contributed by atoms with Crippen LogP contribution in [0, 0.1) is 0 Å². The minimum Gasteiger partial charge on any atom is -0.399 e. The number of alkyl halides is 4. The van der Waals surface area contributed by atoms with Crippen molar-refractivity contribution in [3.63, 3.8) is 0 Å². The quantitative estimate of drug-likeness (QED) is 0.485. The number of anilines is 1. The highest BCUT2D eigenvalue weighted by molar-refractivity contribution is 8.00. The van der Waals surface area contributed by atoms with E-state index in [1.54, 1.807) is 0 Å². The third-order valence-corrected chi connectivity index (χ3v) is 2.31. The van der Waals surface area contributed by atoms with Gasteiger partial charge in [-0.25, -0.2) is 8.78 Å². The number of benzene rings is 1. The molecule has 0 heterocycles. The third-order valence-electron chi connectivity index (χ3n) is 1.37. The number of thioether (sulfide) groups is 1. The van der Waals surface area contributed by atoms with Crippen molar-refractivity contribution in [2.24, 2.45) is 0 Å². The molecule has 0 aliphatic heterocycles. The average molecular weight is 225 g/mol. The van der Waals surface area contributed by atoms with Gasteiger partial charge in [0.25, 0.3) is 0 Å². The van der Waals surface area contributed by atoms with E-state index in [1.807, 2.05) is 0 Å². The van der Waals surface area contributed by atoms with Crippen molar-refractivity contribution in [3.05, 3.63) is 24.3 Å². The summed E-state index contributed by atoms with van der Waals surface area (Å²) < 4.78 is 48.7. The molecule has 0 saturated heterocycles. The Balaban J connectivity index is 2.78.